The van der Waals surface area contributed by atoms with E-state index in [-0.39, 0.29) is 35.2 Å². The summed E-state index contributed by atoms with van der Waals surface area (Å²) in [4.78, 5) is 29.4. The first kappa shape index (κ1) is 28.1. The number of nitrogens with zero attached hydrogens (tertiary/aromatic N) is 2. The summed E-state index contributed by atoms with van der Waals surface area (Å²) >= 11 is 5.38. The maximum atomic E-state index is 12.8. The van der Waals surface area contributed by atoms with Crippen molar-refractivity contribution in [3.05, 3.63) is 38.0 Å². The van der Waals surface area contributed by atoms with Gasteiger partial charge in [0, 0.05) is 29.4 Å². The molecule has 1 aliphatic heterocycles. The molecule has 0 spiro atoms. The lowest BCUT2D eigenvalue weighted by molar-refractivity contribution is -0.0532. The highest BCUT2D eigenvalue weighted by Gasteiger charge is 2.50. The fourth-order valence-electron chi connectivity index (χ4n) is 3.99. The van der Waals surface area contributed by atoms with Crippen LogP contribution in [0.15, 0.2) is 11.0 Å². The van der Waals surface area contributed by atoms with Crippen molar-refractivity contribution in [2.45, 2.75) is 96.2 Å². The number of aromatic amines is 1. The molecule has 1 saturated heterocycles. The minimum Gasteiger partial charge on any atom is -0.388 e. The van der Waals surface area contributed by atoms with E-state index in [1.807, 2.05) is 0 Å². The molecule has 0 radical (unpaired) electrons. The molecule has 5 N–H and O–H groups in total. The predicted octanol–water partition coefficient (Wildman–Crippen LogP) is 2.41. The first-order valence-electron chi connectivity index (χ1n) is 11.5. The molecular weight excluding hydrogens is 497 g/mol. The molecule has 13 heteroatoms. The van der Waals surface area contributed by atoms with Gasteiger partial charge in [0.2, 0.25) is 5.78 Å². The molecule has 0 aliphatic carbocycles. The van der Waals surface area contributed by atoms with Crippen molar-refractivity contribution < 1.29 is 34.0 Å². The van der Waals surface area contributed by atoms with Gasteiger partial charge < -0.3 is 29.5 Å². The summed E-state index contributed by atoms with van der Waals surface area (Å²) in [6, 6.07) is 0. The topological polar surface area (TPSA) is 167 Å². The van der Waals surface area contributed by atoms with Crippen LogP contribution in [0.1, 0.15) is 69.9 Å². The van der Waals surface area contributed by atoms with Gasteiger partial charge in [-0.15, -0.1) is 0 Å². The Morgan fingerprint density at radius 1 is 1.26 bits per heavy atom. The largest absolute Gasteiger partial charge is 0.388 e. The van der Waals surface area contributed by atoms with Gasteiger partial charge in [-0.05, 0) is 40.5 Å². The molecule has 1 aliphatic rings. The van der Waals surface area contributed by atoms with E-state index in [1.54, 1.807) is 45.2 Å². The van der Waals surface area contributed by atoms with Gasteiger partial charge in [0.25, 0.3) is 5.56 Å². The van der Waals surface area contributed by atoms with Crippen molar-refractivity contribution in [3.63, 3.8) is 0 Å². The van der Waals surface area contributed by atoms with Crippen LogP contribution in [0.3, 0.4) is 0 Å². The van der Waals surface area contributed by atoms with Gasteiger partial charge in [0.1, 0.15) is 23.0 Å². The van der Waals surface area contributed by atoms with E-state index in [1.165, 1.54) is 6.92 Å². The maximum absolute atomic E-state index is 12.8. The zero-order valence-corrected chi connectivity index (χ0v) is 22.4. The van der Waals surface area contributed by atoms with Crippen LogP contribution in [0.25, 0.3) is 5.78 Å². The molecule has 0 bridgehead atoms. The summed E-state index contributed by atoms with van der Waals surface area (Å²) in [5, 5.41) is 30.0. The minimum atomic E-state index is -4.45. The van der Waals surface area contributed by atoms with E-state index < -0.39 is 43.0 Å². The van der Waals surface area contributed by atoms with Crippen molar-refractivity contribution in [2.24, 2.45) is 0 Å². The second kappa shape index (κ2) is 9.75. The third-order valence-corrected chi connectivity index (χ3v) is 9.64. The molecule has 4 unspecified atom stereocenters. The lowest BCUT2D eigenvalue weighted by Gasteiger charge is -2.37. The average Bonchev–Trinajstić information content (AvgIpc) is 3.04. The average molecular weight is 532 g/mol. The Morgan fingerprint density at radius 3 is 2.46 bits per heavy atom. The molecule has 196 valence electrons. The van der Waals surface area contributed by atoms with Crippen molar-refractivity contribution in [3.8, 4) is 0 Å². The fraction of sp³-hybridized carbons (Fsp3) is 0.682. The zero-order chi connectivity index (χ0) is 26.5. The zero-order valence-electron chi connectivity index (χ0n) is 20.7. The Labute approximate surface area is 208 Å². The molecule has 7 atom stereocenters. The molecule has 1 fully saturated rings. The number of aliphatic hydroxyl groups is 3. The SMILES string of the molecule is CCC(C)(C[C@H]1O[C@@H](c2cn3c(C)c(C)c(=O)[nH]c3nc2=S)[C@@H](O)C1O)OP(=O)(O)C(C)(O)CC. The maximum Gasteiger partial charge on any atom is 0.359 e. The number of fused-ring (bicyclic) bond motifs is 1. The summed E-state index contributed by atoms with van der Waals surface area (Å²) in [5.41, 5.74) is -0.0608. The van der Waals surface area contributed by atoms with Gasteiger partial charge in [-0.2, -0.15) is 0 Å². The van der Waals surface area contributed by atoms with Gasteiger partial charge in [-0.25, -0.2) is 4.98 Å². The number of aromatic nitrogens is 3. The number of H-pyrrole nitrogens is 1. The number of ether oxygens (including phenoxy) is 1. The molecule has 11 nitrogen and oxygen atoms in total. The highest BCUT2D eigenvalue weighted by Crippen LogP contribution is 2.59. The number of aryl methyl sites for hydroxylation is 1. The third kappa shape index (κ3) is 5.17. The van der Waals surface area contributed by atoms with Crippen molar-refractivity contribution >= 4 is 25.6 Å². The van der Waals surface area contributed by atoms with Gasteiger partial charge in [0.15, 0.2) is 5.34 Å². The van der Waals surface area contributed by atoms with Crippen molar-refractivity contribution in [2.75, 3.05) is 0 Å². The second-order valence-corrected chi connectivity index (χ2v) is 12.2. The molecule has 0 amide bonds. The Bertz CT molecular complexity index is 1280. The summed E-state index contributed by atoms with van der Waals surface area (Å²) in [6.45, 7) is 9.55. The van der Waals surface area contributed by atoms with Gasteiger partial charge >= 0.3 is 7.60 Å². The summed E-state index contributed by atoms with van der Waals surface area (Å²) < 4.78 is 26.1. The first-order valence-corrected chi connectivity index (χ1v) is 13.5. The Morgan fingerprint density at radius 2 is 1.89 bits per heavy atom. The molecule has 2 aromatic rings. The van der Waals surface area contributed by atoms with Crippen LogP contribution in [0.4, 0.5) is 0 Å². The molecule has 0 saturated carbocycles. The van der Waals surface area contributed by atoms with E-state index in [9.17, 15) is 29.6 Å². The molecule has 3 heterocycles. The van der Waals surface area contributed by atoms with Crippen molar-refractivity contribution in [1.82, 2.24) is 14.4 Å². The number of aliphatic hydroxyl groups excluding tert-OH is 2. The molecule has 35 heavy (non-hydrogen) atoms. The van der Waals surface area contributed by atoms with Gasteiger partial charge in [-0.1, -0.05) is 26.1 Å². The lowest BCUT2D eigenvalue weighted by atomic mass is 9.92. The highest BCUT2D eigenvalue weighted by molar-refractivity contribution is 7.71. The van der Waals surface area contributed by atoms with Crippen LogP contribution in [-0.2, 0) is 13.8 Å². The number of hydrogen-bond acceptors (Lipinski definition) is 9. The van der Waals surface area contributed by atoms with Crippen LogP contribution < -0.4 is 5.56 Å². The van der Waals surface area contributed by atoms with Crippen molar-refractivity contribution in [1.29, 1.82) is 0 Å². The number of nitrogens with one attached hydrogen (secondary N) is 1. The summed E-state index contributed by atoms with van der Waals surface area (Å²) in [7, 11) is -4.45. The highest BCUT2D eigenvalue weighted by atomic mass is 32.1. The fourth-order valence-corrected chi connectivity index (χ4v) is 5.65. The smallest absolute Gasteiger partial charge is 0.359 e. The lowest BCUT2D eigenvalue weighted by Crippen LogP contribution is -2.40. The second-order valence-electron chi connectivity index (χ2n) is 9.63. The predicted molar refractivity (Wildman–Crippen MR) is 131 cm³/mol. The Kier molecular flexibility index (Phi) is 7.82. The third-order valence-electron chi connectivity index (χ3n) is 7.09. The minimum absolute atomic E-state index is 0.00229. The normalized spacial score (nSPS) is 27.9. The Hall–Kier alpha value is -1.50. The molecule has 2 aromatic heterocycles. The van der Waals surface area contributed by atoms with Crippen LogP contribution >= 0.6 is 19.8 Å². The number of hydrogen-bond donors (Lipinski definition) is 5. The van der Waals surface area contributed by atoms with Crippen LogP contribution in [0.5, 0.6) is 0 Å². The molecular formula is C22H34N3O8PS. The standard InChI is InChI=1S/C22H34N3O8PS/c1-7-21(5,33-34(30,31)22(6,29)8-2)9-14-15(26)16(27)17(32-14)13-10-25-12(4)11(3)18(28)23-20(25)24-19(13)35/h10,14-17,26-27,29H,7-9H2,1-6H3,(H,30,31)(H,23,24,28,35)/t14-,15?,16+,17+,21?,22?/m1/s1. The monoisotopic (exact) mass is 531 g/mol. The summed E-state index contributed by atoms with van der Waals surface area (Å²) in [5.74, 6) is 0.241. The summed E-state index contributed by atoms with van der Waals surface area (Å²) in [6.07, 6.45) is -2.83. The van der Waals surface area contributed by atoms with Crippen LogP contribution in [0.2, 0.25) is 0 Å². The quantitative estimate of drug-likeness (QED) is 0.252. The number of rotatable bonds is 8. The first-order chi connectivity index (χ1) is 16.1. The van der Waals surface area contributed by atoms with Gasteiger partial charge in [0.05, 0.1) is 11.7 Å². The molecule has 3 rings (SSSR count). The van der Waals surface area contributed by atoms with E-state index in [4.69, 9.17) is 21.5 Å². The van der Waals surface area contributed by atoms with E-state index in [2.05, 4.69) is 9.97 Å². The van der Waals surface area contributed by atoms with E-state index in [0.29, 0.717) is 16.8 Å². The van der Waals surface area contributed by atoms with Crippen LogP contribution in [-0.4, -0.2) is 63.8 Å². The van der Waals surface area contributed by atoms with Gasteiger partial charge in [-0.3, -0.25) is 18.7 Å². The Balaban J connectivity index is 1.93. The molecule has 0 aromatic carbocycles. The van der Waals surface area contributed by atoms with E-state index >= 15 is 0 Å². The van der Waals surface area contributed by atoms with E-state index in [0.717, 1.165) is 0 Å². The van der Waals surface area contributed by atoms with Crippen LogP contribution in [0, 0.1) is 18.5 Å².